The molecule has 0 amide bonds. The Morgan fingerprint density at radius 2 is 0.764 bits per heavy atom. The third-order valence-electron chi connectivity index (χ3n) is 11.9. The smallest absolute Gasteiger partial charge is 0.0622 e. The van der Waals surface area contributed by atoms with E-state index in [1.54, 1.807) is 0 Å². The molecule has 0 aromatic heterocycles. The molecule has 0 bridgehead atoms. The summed E-state index contributed by atoms with van der Waals surface area (Å²) in [5.41, 5.74) is 14.8. The van der Waals surface area contributed by atoms with Gasteiger partial charge in [0.1, 0.15) is 0 Å². The van der Waals surface area contributed by atoms with Crippen LogP contribution in [0, 0.1) is 0 Å². The third kappa shape index (κ3) is 4.72. The highest BCUT2D eigenvalue weighted by Gasteiger charge is 2.46. The van der Waals surface area contributed by atoms with Crippen LogP contribution in [0.15, 0.2) is 218 Å². The van der Waals surface area contributed by atoms with Crippen molar-refractivity contribution in [2.24, 2.45) is 0 Å². The lowest BCUT2D eigenvalue weighted by atomic mass is 9.67. The van der Waals surface area contributed by atoms with Crippen LogP contribution >= 0.6 is 0 Å². The van der Waals surface area contributed by atoms with E-state index in [9.17, 15) is 0 Å². The number of fused-ring (bicyclic) bond motifs is 6. The Balaban J connectivity index is 1.21. The van der Waals surface area contributed by atoms with E-state index < -0.39 is 5.41 Å². The van der Waals surface area contributed by atoms with Gasteiger partial charge in [-0.15, -0.1) is 0 Å². The fraction of sp³-hybridized carbons (Fsp3) is 0.0182. The second-order valence-corrected chi connectivity index (χ2v) is 14.7. The second kappa shape index (κ2) is 12.5. The SMILES string of the molecule is c1ccc(-c2ccc3cccc(-c4c5ccccc5c(-c5ccc6c(c5)C(c5ccccc5)(c5ccccc5)c5ccccc5-6)c5ccccc45)c3c2)cc1. The van der Waals surface area contributed by atoms with Crippen LogP contribution in [0.4, 0.5) is 0 Å². The Kier molecular flexibility index (Phi) is 7.19. The van der Waals surface area contributed by atoms with Gasteiger partial charge in [-0.25, -0.2) is 0 Å². The Morgan fingerprint density at radius 3 is 1.42 bits per heavy atom. The number of hydrogen-bond acceptors (Lipinski definition) is 0. The van der Waals surface area contributed by atoms with Crippen LogP contribution in [0.25, 0.3) is 76.8 Å². The molecule has 0 spiro atoms. The van der Waals surface area contributed by atoms with Gasteiger partial charge >= 0.3 is 0 Å². The van der Waals surface area contributed by atoms with Gasteiger partial charge in [0.05, 0.1) is 5.41 Å². The summed E-state index contributed by atoms with van der Waals surface area (Å²) in [4.78, 5) is 0. The summed E-state index contributed by atoms with van der Waals surface area (Å²) in [5.74, 6) is 0. The lowest BCUT2D eigenvalue weighted by Crippen LogP contribution is -2.28. The van der Waals surface area contributed by atoms with Crippen molar-refractivity contribution < 1.29 is 0 Å². The van der Waals surface area contributed by atoms with Crippen LogP contribution < -0.4 is 0 Å². The van der Waals surface area contributed by atoms with E-state index in [1.807, 2.05) is 0 Å². The molecule has 0 atom stereocenters. The van der Waals surface area contributed by atoms with Crippen molar-refractivity contribution in [2.45, 2.75) is 5.41 Å². The van der Waals surface area contributed by atoms with Crippen molar-refractivity contribution in [1.82, 2.24) is 0 Å². The van der Waals surface area contributed by atoms with Crippen LogP contribution in [0.1, 0.15) is 22.3 Å². The number of rotatable bonds is 5. The molecule has 0 saturated carbocycles. The topological polar surface area (TPSA) is 0 Å². The van der Waals surface area contributed by atoms with Crippen molar-refractivity contribution in [3.05, 3.63) is 241 Å². The van der Waals surface area contributed by atoms with Gasteiger partial charge in [0.15, 0.2) is 0 Å². The molecule has 0 fully saturated rings. The minimum Gasteiger partial charge on any atom is -0.0622 e. The van der Waals surface area contributed by atoms with Gasteiger partial charge in [0.25, 0.3) is 0 Å². The predicted molar refractivity (Wildman–Crippen MR) is 233 cm³/mol. The maximum absolute atomic E-state index is 2.51. The second-order valence-electron chi connectivity index (χ2n) is 14.7. The summed E-state index contributed by atoms with van der Waals surface area (Å²) < 4.78 is 0. The molecule has 0 heteroatoms. The zero-order chi connectivity index (χ0) is 36.3. The first kappa shape index (κ1) is 31.5. The molecule has 0 unspecified atom stereocenters. The zero-order valence-corrected chi connectivity index (χ0v) is 30.3. The molecule has 0 aliphatic heterocycles. The van der Waals surface area contributed by atoms with E-state index in [0.717, 1.165) is 0 Å². The highest BCUT2D eigenvalue weighted by atomic mass is 14.5. The molecule has 0 saturated heterocycles. The van der Waals surface area contributed by atoms with Crippen molar-refractivity contribution in [3.8, 4) is 44.5 Å². The average Bonchev–Trinajstić information content (AvgIpc) is 3.56. The maximum Gasteiger partial charge on any atom is 0.0713 e. The molecule has 0 N–H and O–H groups in total. The van der Waals surface area contributed by atoms with E-state index in [2.05, 4.69) is 218 Å². The van der Waals surface area contributed by atoms with Crippen molar-refractivity contribution >= 4 is 32.3 Å². The third-order valence-corrected chi connectivity index (χ3v) is 11.9. The minimum atomic E-state index is -0.463. The number of hydrogen-bond donors (Lipinski definition) is 0. The zero-order valence-electron chi connectivity index (χ0n) is 30.3. The Hall–Kier alpha value is -7.02. The fourth-order valence-electron chi connectivity index (χ4n) is 9.63. The van der Waals surface area contributed by atoms with Gasteiger partial charge in [-0.05, 0) is 111 Å². The minimum absolute atomic E-state index is 0.463. The van der Waals surface area contributed by atoms with E-state index >= 15 is 0 Å². The van der Waals surface area contributed by atoms with Crippen molar-refractivity contribution in [2.75, 3.05) is 0 Å². The predicted octanol–water partition coefficient (Wildman–Crippen LogP) is 14.5. The first-order valence-electron chi connectivity index (χ1n) is 19.2. The fourth-order valence-corrected chi connectivity index (χ4v) is 9.63. The van der Waals surface area contributed by atoms with E-state index in [-0.39, 0.29) is 0 Å². The molecule has 10 aromatic carbocycles. The molecule has 0 radical (unpaired) electrons. The summed E-state index contributed by atoms with van der Waals surface area (Å²) in [6, 6.07) is 80.9. The average molecular weight is 697 g/mol. The first-order chi connectivity index (χ1) is 27.3. The summed E-state index contributed by atoms with van der Waals surface area (Å²) in [7, 11) is 0. The van der Waals surface area contributed by atoms with Crippen molar-refractivity contribution in [1.29, 1.82) is 0 Å². The van der Waals surface area contributed by atoms with Gasteiger partial charge in [-0.3, -0.25) is 0 Å². The molecule has 10 aromatic rings. The molecule has 1 aliphatic carbocycles. The van der Waals surface area contributed by atoms with Gasteiger partial charge in [-0.1, -0.05) is 206 Å². The van der Waals surface area contributed by atoms with Gasteiger partial charge < -0.3 is 0 Å². The molecule has 0 heterocycles. The highest BCUT2D eigenvalue weighted by Crippen LogP contribution is 2.57. The summed E-state index contributed by atoms with van der Waals surface area (Å²) in [6.07, 6.45) is 0. The maximum atomic E-state index is 2.51. The van der Waals surface area contributed by atoms with Crippen LogP contribution in [0.5, 0.6) is 0 Å². The van der Waals surface area contributed by atoms with E-state index in [1.165, 1.54) is 99.1 Å². The normalized spacial score (nSPS) is 12.9. The monoisotopic (exact) mass is 696 g/mol. The van der Waals surface area contributed by atoms with Crippen molar-refractivity contribution in [3.63, 3.8) is 0 Å². The molecular weight excluding hydrogens is 661 g/mol. The molecule has 256 valence electrons. The largest absolute Gasteiger partial charge is 0.0713 e. The molecular formula is C55H36. The lowest BCUT2D eigenvalue weighted by molar-refractivity contribution is 0.769. The standard InChI is InChI=1S/C55H36/c1-4-17-37(18-5-1)39-32-31-38-19-16-29-49(50(38)35-39)54-47-27-12-10-25-45(47)53(46-26-11-13-28-48(46)54)40-33-34-44-43-24-14-15-30-51(43)55(52(44)36-40,41-20-6-2-7-21-41)42-22-8-3-9-23-42/h1-36H. The molecule has 0 nitrogen and oxygen atoms in total. The van der Waals surface area contributed by atoms with Gasteiger partial charge in [-0.2, -0.15) is 0 Å². The van der Waals surface area contributed by atoms with Gasteiger partial charge in [0.2, 0.25) is 0 Å². The Morgan fingerprint density at radius 1 is 0.255 bits per heavy atom. The van der Waals surface area contributed by atoms with Crippen LogP contribution in [-0.2, 0) is 5.41 Å². The summed E-state index contributed by atoms with van der Waals surface area (Å²) in [5, 5.41) is 7.54. The highest BCUT2D eigenvalue weighted by molar-refractivity contribution is 6.23. The van der Waals surface area contributed by atoms with E-state index in [0.29, 0.717) is 0 Å². The van der Waals surface area contributed by atoms with Crippen LogP contribution in [-0.4, -0.2) is 0 Å². The quantitative estimate of drug-likeness (QED) is 0.157. The Bertz CT molecular complexity index is 2970. The molecule has 11 rings (SSSR count). The number of benzene rings is 10. The Labute approximate surface area is 321 Å². The molecule has 55 heavy (non-hydrogen) atoms. The lowest BCUT2D eigenvalue weighted by Gasteiger charge is -2.34. The first-order valence-corrected chi connectivity index (χ1v) is 19.2. The summed E-state index contributed by atoms with van der Waals surface area (Å²) in [6.45, 7) is 0. The summed E-state index contributed by atoms with van der Waals surface area (Å²) >= 11 is 0. The van der Waals surface area contributed by atoms with E-state index in [4.69, 9.17) is 0 Å². The van der Waals surface area contributed by atoms with Gasteiger partial charge in [0, 0.05) is 0 Å². The molecule has 1 aliphatic rings. The van der Waals surface area contributed by atoms with Crippen LogP contribution in [0.2, 0.25) is 0 Å². The van der Waals surface area contributed by atoms with Crippen LogP contribution in [0.3, 0.4) is 0 Å².